The van der Waals surface area contributed by atoms with Crippen LogP contribution in [-0.2, 0) is 5.54 Å². The molecule has 0 spiro atoms. The number of ether oxygens (including phenoxy) is 2. The van der Waals surface area contributed by atoms with E-state index in [-0.39, 0.29) is 11.6 Å². The van der Waals surface area contributed by atoms with Crippen molar-refractivity contribution >= 4 is 15.9 Å². The molecule has 0 heterocycles. The average molecular weight is 328 g/mol. The minimum atomic E-state index is -0.290. The SMILES string of the molecule is COc1cc(Br)cc(C2(N)CCCC2)c1OC(C)C. The molecule has 1 fully saturated rings. The third-order valence-corrected chi connectivity index (χ3v) is 4.08. The van der Waals surface area contributed by atoms with Gasteiger partial charge in [0.2, 0.25) is 0 Å². The lowest BCUT2D eigenvalue weighted by molar-refractivity contribution is 0.222. The molecule has 1 aliphatic rings. The van der Waals surface area contributed by atoms with E-state index in [0.29, 0.717) is 0 Å². The minimum Gasteiger partial charge on any atom is -0.493 e. The Kier molecular flexibility index (Phi) is 4.41. The largest absolute Gasteiger partial charge is 0.493 e. The number of hydrogen-bond acceptors (Lipinski definition) is 3. The van der Waals surface area contributed by atoms with E-state index in [9.17, 15) is 0 Å². The monoisotopic (exact) mass is 327 g/mol. The van der Waals surface area contributed by atoms with Crippen molar-refractivity contribution in [3.8, 4) is 11.5 Å². The van der Waals surface area contributed by atoms with Crippen LogP contribution in [0.2, 0.25) is 0 Å². The van der Waals surface area contributed by atoms with Gasteiger partial charge in [0.1, 0.15) is 0 Å². The summed E-state index contributed by atoms with van der Waals surface area (Å²) in [6.07, 6.45) is 4.44. The maximum atomic E-state index is 6.59. The lowest BCUT2D eigenvalue weighted by Crippen LogP contribution is -2.34. The van der Waals surface area contributed by atoms with E-state index in [1.807, 2.05) is 19.9 Å². The van der Waals surface area contributed by atoms with Crippen molar-refractivity contribution in [1.29, 1.82) is 0 Å². The van der Waals surface area contributed by atoms with Gasteiger partial charge in [-0.2, -0.15) is 0 Å². The number of hydrogen-bond donors (Lipinski definition) is 1. The Morgan fingerprint density at radius 1 is 1.26 bits per heavy atom. The average Bonchev–Trinajstić information content (AvgIpc) is 2.78. The molecule has 3 nitrogen and oxygen atoms in total. The number of halogens is 1. The first-order valence-electron chi connectivity index (χ1n) is 6.80. The molecule has 0 atom stereocenters. The molecule has 1 aromatic carbocycles. The fourth-order valence-corrected chi connectivity index (χ4v) is 3.16. The number of nitrogens with two attached hydrogens (primary N) is 1. The maximum Gasteiger partial charge on any atom is 0.166 e. The molecule has 0 aliphatic heterocycles. The number of methoxy groups -OCH3 is 1. The fourth-order valence-electron chi connectivity index (χ4n) is 2.72. The number of rotatable bonds is 4. The van der Waals surface area contributed by atoms with Crippen LogP contribution < -0.4 is 15.2 Å². The predicted octanol–water partition coefficient (Wildman–Crippen LogP) is 3.97. The van der Waals surface area contributed by atoms with Gasteiger partial charge in [-0.25, -0.2) is 0 Å². The van der Waals surface area contributed by atoms with Gasteiger partial charge in [-0.3, -0.25) is 0 Å². The Morgan fingerprint density at radius 3 is 2.42 bits per heavy atom. The van der Waals surface area contributed by atoms with Gasteiger partial charge in [0.05, 0.1) is 13.2 Å². The van der Waals surface area contributed by atoms with Gasteiger partial charge >= 0.3 is 0 Å². The lowest BCUT2D eigenvalue weighted by atomic mass is 9.88. The molecular formula is C15H22BrNO2. The van der Waals surface area contributed by atoms with Gasteiger partial charge in [0.15, 0.2) is 11.5 Å². The second-order valence-corrected chi connectivity index (χ2v) is 6.43. The predicted molar refractivity (Wildman–Crippen MR) is 80.8 cm³/mol. The maximum absolute atomic E-state index is 6.59. The van der Waals surface area contributed by atoms with Crippen LogP contribution in [0.5, 0.6) is 11.5 Å². The van der Waals surface area contributed by atoms with Crippen LogP contribution in [0.4, 0.5) is 0 Å². The summed E-state index contributed by atoms with van der Waals surface area (Å²) in [5.74, 6) is 1.54. The normalized spacial score (nSPS) is 17.8. The first kappa shape index (κ1) is 14.7. The zero-order valence-corrected chi connectivity index (χ0v) is 13.4. The van der Waals surface area contributed by atoms with Crippen LogP contribution in [0.3, 0.4) is 0 Å². The van der Waals surface area contributed by atoms with E-state index in [1.54, 1.807) is 7.11 Å². The summed E-state index contributed by atoms with van der Waals surface area (Å²) in [4.78, 5) is 0. The van der Waals surface area contributed by atoms with Gasteiger partial charge < -0.3 is 15.2 Å². The molecule has 4 heteroatoms. The van der Waals surface area contributed by atoms with E-state index in [4.69, 9.17) is 15.2 Å². The van der Waals surface area contributed by atoms with Crippen LogP contribution >= 0.6 is 15.9 Å². The Labute approximate surface area is 123 Å². The highest BCUT2D eigenvalue weighted by molar-refractivity contribution is 9.10. The summed E-state index contributed by atoms with van der Waals surface area (Å²) in [5, 5.41) is 0. The van der Waals surface area contributed by atoms with E-state index >= 15 is 0 Å². The van der Waals surface area contributed by atoms with E-state index in [1.165, 1.54) is 12.8 Å². The molecule has 0 aromatic heterocycles. The molecule has 106 valence electrons. The van der Waals surface area contributed by atoms with Crippen molar-refractivity contribution in [2.24, 2.45) is 5.73 Å². The van der Waals surface area contributed by atoms with Crippen LogP contribution in [0, 0.1) is 0 Å². The molecule has 0 radical (unpaired) electrons. The molecule has 2 rings (SSSR count). The quantitative estimate of drug-likeness (QED) is 0.909. The Morgan fingerprint density at radius 2 is 1.89 bits per heavy atom. The highest BCUT2D eigenvalue weighted by Crippen LogP contribution is 2.46. The zero-order valence-electron chi connectivity index (χ0n) is 11.8. The van der Waals surface area contributed by atoms with Gasteiger partial charge in [-0.05, 0) is 38.8 Å². The van der Waals surface area contributed by atoms with Crippen molar-refractivity contribution in [2.75, 3.05) is 7.11 Å². The Bertz CT molecular complexity index is 454. The molecule has 0 bridgehead atoms. The smallest absolute Gasteiger partial charge is 0.166 e. The zero-order chi connectivity index (χ0) is 14.0. The standard InChI is InChI=1S/C15H22BrNO2/c1-10(2)19-14-12(15(17)6-4-5-7-15)8-11(16)9-13(14)18-3/h8-10H,4-7,17H2,1-3H3. The second-order valence-electron chi connectivity index (χ2n) is 5.51. The molecule has 0 unspecified atom stereocenters. The summed E-state index contributed by atoms with van der Waals surface area (Å²) < 4.78 is 12.4. The first-order chi connectivity index (χ1) is 8.96. The van der Waals surface area contributed by atoms with Gasteiger partial charge in [-0.1, -0.05) is 28.8 Å². The summed E-state index contributed by atoms with van der Waals surface area (Å²) >= 11 is 3.53. The third kappa shape index (κ3) is 3.06. The second kappa shape index (κ2) is 5.71. The van der Waals surface area contributed by atoms with Crippen LogP contribution in [0.1, 0.15) is 45.1 Å². The van der Waals surface area contributed by atoms with E-state index < -0.39 is 0 Å². The van der Waals surface area contributed by atoms with Gasteiger partial charge in [0.25, 0.3) is 0 Å². The Balaban J connectivity index is 2.53. The van der Waals surface area contributed by atoms with Gasteiger partial charge in [0, 0.05) is 15.6 Å². The molecule has 1 aliphatic carbocycles. The first-order valence-corrected chi connectivity index (χ1v) is 7.59. The summed E-state index contributed by atoms with van der Waals surface area (Å²) in [6, 6.07) is 4.01. The molecule has 2 N–H and O–H groups in total. The third-order valence-electron chi connectivity index (χ3n) is 3.63. The lowest BCUT2D eigenvalue weighted by Gasteiger charge is -2.29. The van der Waals surface area contributed by atoms with Gasteiger partial charge in [-0.15, -0.1) is 0 Å². The van der Waals surface area contributed by atoms with Crippen LogP contribution in [-0.4, -0.2) is 13.2 Å². The summed E-state index contributed by atoms with van der Waals surface area (Å²) in [7, 11) is 1.66. The number of benzene rings is 1. The molecule has 0 amide bonds. The molecular weight excluding hydrogens is 306 g/mol. The van der Waals surface area contributed by atoms with Crippen LogP contribution in [0.25, 0.3) is 0 Å². The topological polar surface area (TPSA) is 44.5 Å². The molecule has 1 aromatic rings. The van der Waals surface area contributed by atoms with E-state index in [0.717, 1.165) is 34.4 Å². The summed E-state index contributed by atoms with van der Waals surface area (Å²) in [6.45, 7) is 4.03. The van der Waals surface area contributed by atoms with Crippen molar-refractivity contribution in [3.05, 3.63) is 22.2 Å². The summed E-state index contributed by atoms with van der Waals surface area (Å²) in [5.41, 5.74) is 7.36. The molecule has 0 saturated heterocycles. The van der Waals surface area contributed by atoms with Crippen molar-refractivity contribution in [1.82, 2.24) is 0 Å². The van der Waals surface area contributed by atoms with Crippen molar-refractivity contribution in [2.45, 2.75) is 51.2 Å². The van der Waals surface area contributed by atoms with Crippen molar-refractivity contribution in [3.63, 3.8) is 0 Å². The highest BCUT2D eigenvalue weighted by Gasteiger charge is 2.35. The highest BCUT2D eigenvalue weighted by atomic mass is 79.9. The van der Waals surface area contributed by atoms with Crippen LogP contribution in [0.15, 0.2) is 16.6 Å². The minimum absolute atomic E-state index is 0.0961. The van der Waals surface area contributed by atoms with E-state index in [2.05, 4.69) is 22.0 Å². The molecule has 19 heavy (non-hydrogen) atoms. The molecule has 1 saturated carbocycles. The Hall–Kier alpha value is -0.740. The fraction of sp³-hybridized carbons (Fsp3) is 0.600. The van der Waals surface area contributed by atoms with Crippen molar-refractivity contribution < 1.29 is 9.47 Å².